The number of halogens is 4. The van der Waals surface area contributed by atoms with Crippen LogP contribution in [0.3, 0.4) is 0 Å². The average molecular weight is 369 g/mol. The minimum Gasteiger partial charge on any atom is -0.315 e. The molecule has 0 spiro atoms. The van der Waals surface area contributed by atoms with Crippen LogP contribution in [-0.4, -0.2) is 31.1 Å². The third-order valence-electron chi connectivity index (χ3n) is 4.49. The molecule has 1 saturated heterocycles. The number of hydrogen-bond donors (Lipinski definition) is 1. The van der Waals surface area contributed by atoms with E-state index in [4.69, 9.17) is 11.6 Å². The fourth-order valence-corrected chi connectivity index (χ4v) is 3.50. The number of hydrogen-bond acceptors (Lipinski definition) is 2. The Kier molecular flexibility index (Phi) is 5.67. The smallest absolute Gasteiger partial charge is 0.315 e. The van der Waals surface area contributed by atoms with Crippen LogP contribution in [-0.2, 0) is 6.18 Å². The molecule has 3 rings (SSSR count). The van der Waals surface area contributed by atoms with Gasteiger partial charge >= 0.3 is 6.18 Å². The summed E-state index contributed by atoms with van der Waals surface area (Å²) in [5.74, 6) is 0. The topological polar surface area (TPSA) is 15.3 Å². The van der Waals surface area contributed by atoms with Crippen LogP contribution in [0.15, 0.2) is 48.5 Å². The molecular weight excluding hydrogens is 349 g/mol. The first-order valence-corrected chi connectivity index (χ1v) is 8.71. The summed E-state index contributed by atoms with van der Waals surface area (Å²) in [6.45, 7) is 3.47. The van der Waals surface area contributed by atoms with Gasteiger partial charge in [-0.2, -0.15) is 13.2 Å². The van der Waals surface area contributed by atoms with E-state index in [1.165, 1.54) is 0 Å². The Hall–Kier alpha value is -1.56. The lowest BCUT2D eigenvalue weighted by atomic mass is 9.95. The molecule has 0 aromatic heterocycles. The van der Waals surface area contributed by atoms with Crippen molar-refractivity contribution in [2.45, 2.75) is 18.6 Å². The fourth-order valence-electron chi connectivity index (χ4n) is 3.26. The van der Waals surface area contributed by atoms with E-state index in [-0.39, 0.29) is 6.04 Å². The molecule has 1 aliphatic rings. The highest BCUT2D eigenvalue weighted by Gasteiger charge is 2.31. The summed E-state index contributed by atoms with van der Waals surface area (Å²) >= 11 is 6.41. The molecule has 0 amide bonds. The Morgan fingerprint density at radius 1 is 0.960 bits per heavy atom. The molecule has 1 unspecified atom stereocenters. The van der Waals surface area contributed by atoms with Crippen molar-refractivity contribution in [2.75, 3.05) is 26.2 Å². The van der Waals surface area contributed by atoms with Gasteiger partial charge in [0.2, 0.25) is 0 Å². The third-order valence-corrected chi connectivity index (χ3v) is 4.84. The molecule has 6 heteroatoms. The zero-order valence-corrected chi connectivity index (χ0v) is 14.4. The monoisotopic (exact) mass is 368 g/mol. The molecule has 0 saturated carbocycles. The van der Waals surface area contributed by atoms with Crippen LogP contribution in [0.1, 0.15) is 29.2 Å². The number of rotatable bonds is 3. The molecule has 2 aromatic carbocycles. The fraction of sp³-hybridized carbons (Fsp3) is 0.368. The van der Waals surface area contributed by atoms with Crippen molar-refractivity contribution in [1.82, 2.24) is 10.2 Å². The van der Waals surface area contributed by atoms with Crippen molar-refractivity contribution in [3.8, 4) is 0 Å². The van der Waals surface area contributed by atoms with E-state index in [1.54, 1.807) is 12.1 Å². The Morgan fingerprint density at radius 2 is 1.68 bits per heavy atom. The van der Waals surface area contributed by atoms with Gasteiger partial charge in [0.15, 0.2) is 0 Å². The number of nitrogens with one attached hydrogen (secondary N) is 1. The van der Waals surface area contributed by atoms with Crippen LogP contribution in [0.5, 0.6) is 0 Å². The van der Waals surface area contributed by atoms with Gasteiger partial charge in [0.05, 0.1) is 11.6 Å². The van der Waals surface area contributed by atoms with Gasteiger partial charge in [-0.15, -0.1) is 0 Å². The van der Waals surface area contributed by atoms with Crippen LogP contribution in [0.4, 0.5) is 13.2 Å². The molecular formula is C19H20ClF3N2. The van der Waals surface area contributed by atoms with E-state index in [0.29, 0.717) is 5.02 Å². The average Bonchev–Trinajstić information content (AvgIpc) is 2.86. The molecule has 1 heterocycles. The van der Waals surface area contributed by atoms with E-state index in [0.717, 1.165) is 55.9 Å². The summed E-state index contributed by atoms with van der Waals surface area (Å²) in [5, 5.41) is 3.98. The van der Waals surface area contributed by atoms with Gasteiger partial charge < -0.3 is 5.32 Å². The molecule has 134 valence electrons. The lowest BCUT2D eigenvalue weighted by Crippen LogP contribution is -2.33. The van der Waals surface area contributed by atoms with Crippen molar-refractivity contribution >= 4 is 11.6 Å². The van der Waals surface area contributed by atoms with E-state index in [9.17, 15) is 13.2 Å². The molecule has 1 atom stereocenters. The largest absolute Gasteiger partial charge is 0.416 e. The number of benzene rings is 2. The lowest BCUT2D eigenvalue weighted by molar-refractivity contribution is -0.137. The van der Waals surface area contributed by atoms with Crippen molar-refractivity contribution in [3.63, 3.8) is 0 Å². The number of alkyl halides is 3. The van der Waals surface area contributed by atoms with Crippen LogP contribution in [0, 0.1) is 0 Å². The van der Waals surface area contributed by atoms with Crippen LogP contribution < -0.4 is 5.32 Å². The zero-order chi connectivity index (χ0) is 17.9. The second-order valence-corrected chi connectivity index (χ2v) is 6.59. The standard InChI is InChI=1S/C19H20ClF3N2/c20-17-5-2-1-4-16(17)18(25-12-3-10-24-11-13-25)14-6-8-15(9-7-14)19(21,22)23/h1-2,4-9,18,24H,3,10-13H2. The SMILES string of the molecule is FC(F)(F)c1ccc(C(c2ccccc2Cl)N2CCCNCC2)cc1. The van der Waals surface area contributed by atoms with Crippen LogP contribution in [0.2, 0.25) is 5.02 Å². The number of nitrogens with zero attached hydrogens (tertiary/aromatic N) is 1. The lowest BCUT2D eigenvalue weighted by Gasteiger charge is -2.32. The second-order valence-electron chi connectivity index (χ2n) is 6.18. The highest BCUT2D eigenvalue weighted by molar-refractivity contribution is 6.31. The van der Waals surface area contributed by atoms with E-state index < -0.39 is 11.7 Å². The first-order chi connectivity index (χ1) is 12.0. The minimum absolute atomic E-state index is 0.157. The Bertz CT molecular complexity index is 693. The van der Waals surface area contributed by atoms with E-state index >= 15 is 0 Å². The highest BCUT2D eigenvalue weighted by atomic mass is 35.5. The summed E-state index contributed by atoms with van der Waals surface area (Å²) in [7, 11) is 0. The van der Waals surface area contributed by atoms with Gasteiger partial charge in [0.1, 0.15) is 0 Å². The summed E-state index contributed by atoms with van der Waals surface area (Å²) < 4.78 is 38.6. The first-order valence-electron chi connectivity index (χ1n) is 8.33. The zero-order valence-electron chi connectivity index (χ0n) is 13.7. The molecule has 1 N–H and O–H groups in total. The maximum Gasteiger partial charge on any atom is 0.416 e. The molecule has 0 radical (unpaired) electrons. The minimum atomic E-state index is -4.33. The van der Waals surface area contributed by atoms with Crippen LogP contribution >= 0.6 is 11.6 Å². The van der Waals surface area contributed by atoms with Crippen LogP contribution in [0.25, 0.3) is 0 Å². The highest BCUT2D eigenvalue weighted by Crippen LogP contribution is 2.35. The van der Waals surface area contributed by atoms with Crippen molar-refractivity contribution < 1.29 is 13.2 Å². The molecule has 2 aromatic rings. The predicted molar refractivity (Wildman–Crippen MR) is 93.8 cm³/mol. The quantitative estimate of drug-likeness (QED) is 0.841. The normalized spacial score (nSPS) is 17.9. The molecule has 0 bridgehead atoms. The Balaban J connectivity index is 2.00. The molecule has 25 heavy (non-hydrogen) atoms. The second kappa shape index (κ2) is 7.77. The van der Waals surface area contributed by atoms with Gasteiger partial charge in [-0.05, 0) is 42.3 Å². The van der Waals surface area contributed by atoms with Gasteiger partial charge in [0.25, 0.3) is 0 Å². The summed E-state index contributed by atoms with van der Waals surface area (Å²) in [6.07, 6.45) is -3.34. The third kappa shape index (κ3) is 4.35. The van der Waals surface area contributed by atoms with Crippen molar-refractivity contribution in [2.24, 2.45) is 0 Å². The predicted octanol–water partition coefficient (Wildman–Crippen LogP) is 4.74. The van der Waals surface area contributed by atoms with Gasteiger partial charge in [-0.25, -0.2) is 0 Å². The molecule has 2 nitrogen and oxygen atoms in total. The van der Waals surface area contributed by atoms with Gasteiger partial charge in [-0.1, -0.05) is 41.9 Å². The molecule has 1 fully saturated rings. The maximum atomic E-state index is 12.9. The van der Waals surface area contributed by atoms with E-state index in [1.807, 2.05) is 24.3 Å². The van der Waals surface area contributed by atoms with E-state index in [2.05, 4.69) is 10.2 Å². The van der Waals surface area contributed by atoms with Crippen molar-refractivity contribution in [1.29, 1.82) is 0 Å². The Labute approximate surface area is 150 Å². The summed E-state index contributed by atoms with van der Waals surface area (Å²) in [4.78, 5) is 2.28. The molecule has 1 aliphatic heterocycles. The Morgan fingerprint density at radius 3 is 2.36 bits per heavy atom. The van der Waals surface area contributed by atoms with Gasteiger partial charge in [0, 0.05) is 24.7 Å². The first kappa shape index (κ1) is 18.2. The van der Waals surface area contributed by atoms with Gasteiger partial charge in [-0.3, -0.25) is 4.90 Å². The summed E-state index contributed by atoms with van der Waals surface area (Å²) in [5.41, 5.74) is 1.11. The maximum absolute atomic E-state index is 12.9. The van der Waals surface area contributed by atoms with Crippen molar-refractivity contribution in [3.05, 3.63) is 70.2 Å². The molecule has 0 aliphatic carbocycles. The summed E-state index contributed by atoms with van der Waals surface area (Å²) in [6, 6.07) is 12.8.